The van der Waals surface area contributed by atoms with E-state index in [4.69, 9.17) is 0 Å². The van der Waals surface area contributed by atoms with Gasteiger partial charge in [-0.2, -0.15) is 5.10 Å². The molecular weight excluding hydrogens is 240 g/mol. The molecule has 1 aliphatic rings. The highest BCUT2D eigenvalue weighted by Crippen LogP contribution is 2.15. The Morgan fingerprint density at radius 2 is 2.47 bits per heavy atom. The third-order valence-electron chi connectivity index (χ3n) is 3.67. The molecule has 0 spiro atoms. The van der Waals surface area contributed by atoms with Gasteiger partial charge >= 0.3 is 0 Å². The van der Waals surface area contributed by atoms with E-state index >= 15 is 0 Å². The Kier molecular flexibility index (Phi) is 5.39. The van der Waals surface area contributed by atoms with E-state index in [1.54, 1.807) is 12.3 Å². The lowest BCUT2D eigenvalue weighted by Crippen LogP contribution is -2.35. The number of H-pyrrole nitrogens is 1. The summed E-state index contributed by atoms with van der Waals surface area (Å²) in [4.78, 5) is 14.2. The summed E-state index contributed by atoms with van der Waals surface area (Å²) in [5.41, 5.74) is 0.532. The number of rotatable bonds is 6. The molecule has 19 heavy (non-hydrogen) atoms. The molecule has 0 bridgehead atoms. The molecule has 0 radical (unpaired) electrons. The minimum atomic E-state index is -0.0657. The number of aromatic nitrogens is 2. The van der Waals surface area contributed by atoms with Gasteiger partial charge in [0, 0.05) is 19.3 Å². The van der Waals surface area contributed by atoms with E-state index in [1.165, 1.54) is 25.9 Å². The van der Waals surface area contributed by atoms with Gasteiger partial charge in [0.2, 0.25) is 0 Å². The lowest BCUT2D eigenvalue weighted by Gasteiger charge is -2.30. The molecule has 1 fully saturated rings. The summed E-state index contributed by atoms with van der Waals surface area (Å²) >= 11 is 0. The van der Waals surface area contributed by atoms with Crippen LogP contribution in [0.2, 0.25) is 0 Å². The van der Waals surface area contributed by atoms with Crippen LogP contribution in [0.3, 0.4) is 0 Å². The van der Waals surface area contributed by atoms with Crippen molar-refractivity contribution in [1.29, 1.82) is 0 Å². The van der Waals surface area contributed by atoms with Crippen LogP contribution in [0.4, 0.5) is 0 Å². The lowest BCUT2D eigenvalue weighted by atomic mass is 10.0. The summed E-state index contributed by atoms with van der Waals surface area (Å²) in [7, 11) is 0. The zero-order chi connectivity index (χ0) is 13.5. The number of unbranched alkanes of at least 4 members (excludes halogenated alkanes) is 1. The molecule has 1 aromatic heterocycles. The number of hydrogen-bond donors (Lipinski definition) is 2. The number of carbonyl (C=O) groups excluding carboxylic acids is 1. The first-order chi connectivity index (χ1) is 9.25. The number of amides is 1. The van der Waals surface area contributed by atoms with Gasteiger partial charge in [-0.25, -0.2) is 0 Å². The molecule has 1 atom stereocenters. The third-order valence-corrected chi connectivity index (χ3v) is 3.67. The van der Waals surface area contributed by atoms with Gasteiger partial charge in [-0.15, -0.1) is 0 Å². The zero-order valence-corrected chi connectivity index (χ0v) is 11.7. The maximum atomic E-state index is 11.6. The maximum Gasteiger partial charge on any atom is 0.269 e. The van der Waals surface area contributed by atoms with Gasteiger partial charge in [-0.3, -0.25) is 9.89 Å². The SMILES string of the molecule is C[C@@H]1CCCN(CCCCNC(=O)c2ccn[nH]2)C1. The van der Waals surface area contributed by atoms with Crippen molar-refractivity contribution in [2.45, 2.75) is 32.6 Å². The highest BCUT2D eigenvalue weighted by Gasteiger charge is 2.15. The monoisotopic (exact) mass is 264 g/mol. The van der Waals surface area contributed by atoms with E-state index in [1.807, 2.05) is 0 Å². The normalized spacial score (nSPS) is 20.4. The van der Waals surface area contributed by atoms with Gasteiger partial charge in [-0.05, 0) is 50.8 Å². The molecule has 5 nitrogen and oxygen atoms in total. The van der Waals surface area contributed by atoms with E-state index in [-0.39, 0.29) is 5.91 Å². The first kappa shape index (κ1) is 14.1. The quantitative estimate of drug-likeness (QED) is 0.768. The average molecular weight is 264 g/mol. The standard InChI is InChI=1S/C14H24N4O/c1-12-5-4-10-18(11-12)9-3-2-7-15-14(19)13-6-8-16-17-13/h6,8,12H,2-5,7,9-11H2,1H3,(H,15,19)(H,16,17)/t12-/m1/s1. The van der Waals surface area contributed by atoms with Crippen LogP contribution in [-0.2, 0) is 0 Å². The van der Waals surface area contributed by atoms with Gasteiger partial charge in [0.25, 0.3) is 5.91 Å². The van der Waals surface area contributed by atoms with E-state index in [0.717, 1.165) is 31.8 Å². The van der Waals surface area contributed by atoms with Gasteiger partial charge in [-0.1, -0.05) is 6.92 Å². The Balaban J connectivity index is 1.53. The number of nitrogens with one attached hydrogen (secondary N) is 2. The molecule has 2 N–H and O–H groups in total. The van der Waals surface area contributed by atoms with Crippen molar-refractivity contribution in [3.63, 3.8) is 0 Å². The number of hydrogen-bond acceptors (Lipinski definition) is 3. The Bertz CT molecular complexity index is 377. The average Bonchev–Trinajstić information content (AvgIpc) is 2.92. The van der Waals surface area contributed by atoms with Crippen molar-refractivity contribution >= 4 is 5.91 Å². The number of aromatic amines is 1. The van der Waals surface area contributed by atoms with Crippen LogP contribution in [0.15, 0.2) is 12.3 Å². The van der Waals surface area contributed by atoms with Crippen LogP contribution in [0.5, 0.6) is 0 Å². The Hall–Kier alpha value is -1.36. The molecule has 1 aromatic rings. The highest BCUT2D eigenvalue weighted by molar-refractivity contribution is 5.91. The second-order valence-electron chi connectivity index (χ2n) is 5.48. The Morgan fingerprint density at radius 3 is 3.21 bits per heavy atom. The number of nitrogens with zero attached hydrogens (tertiary/aromatic N) is 2. The Morgan fingerprint density at radius 1 is 1.58 bits per heavy atom. The Labute approximate surface area is 114 Å². The highest BCUT2D eigenvalue weighted by atomic mass is 16.1. The minimum absolute atomic E-state index is 0.0657. The van der Waals surface area contributed by atoms with Crippen LogP contribution < -0.4 is 5.32 Å². The van der Waals surface area contributed by atoms with Crippen molar-refractivity contribution in [1.82, 2.24) is 20.4 Å². The van der Waals surface area contributed by atoms with Crippen molar-refractivity contribution in [2.75, 3.05) is 26.2 Å². The lowest BCUT2D eigenvalue weighted by molar-refractivity contribution is 0.0947. The molecule has 106 valence electrons. The molecule has 2 rings (SSSR count). The second kappa shape index (κ2) is 7.28. The van der Waals surface area contributed by atoms with Crippen molar-refractivity contribution < 1.29 is 4.79 Å². The summed E-state index contributed by atoms with van der Waals surface area (Å²) in [6.45, 7) is 6.70. The molecule has 2 heterocycles. The first-order valence-electron chi connectivity index (χ1n) is 7.25. The number of carbonyl (C=O) groups is 1. The number of piperidine rings is 1. The van der Waals surface area contributed by atoms with Crippen molar-refractivity contribution in [3.8, 4) is 0 Å². The predicted octanol–water partition coefficient (Wildman–Crippen LogP) is 1.65. The van der Waals surface area contributed by atoms with Crippen molar-refractivity contribution in [3.05, 3.63) is 18.0 Å². The van der Waals surface area contributed by atoms with Gasteiger partial charge in [0.1, 0.15) is 5.69 Å². The van der Waals surface area contributed by atoms with Crippen LogP contribution in [0.25, 0.3) is 0 Å². The smallest absolute Gasteiger partial charge is 0.269 e. The van der Waals surface area contributed by atoms with Crippen LogP contribution in [0, 0.1) is 5.92 Å². The molecule has 0 unspecified atom stereocenters. The first-order valence-corrected chi connectivity index (χ1v) is 7.25. The fraction of sp³-hybridized carbons (Fsp3) is 0.714. The molecule has 0 aliphatic carbocycles. The van der Waals surface area contributed by atoms with Gasteiger partial charge < -0.3 is 10.2 Å². The third kappa shape index (κ3) is 4.67. The topological polar surface area (TPSA) is 61.0 Å². The second-order valence-corrected chi connectivity index (χ2v) is 5.48. The predicted molar refractivity (Wildman–Crippen MR) is 75.0 cm³/mol. The van der Waals surface area contributed by atoms with Crippen LogP contribution in [0.1, 0.15) is 43.1 Å². The van der Waals surface area contributed by atoms with E-state index in [9.17, 15) is 4.79 Å². The van der Waals surface area contributed by atoms with E-state index < -0.39 is 0 Å². The molecule has 0 aromatic carbocycles. The molecule has 0 saturated carbocycles. The summed E-state index contributed by atoms with van der Waals surface area (Å²) in [6.07, 6.45) is 6.47. The number of likely N-dealkylation sites (tertiary alicyclic amines) is 1. The van der Waals surface area contributed by atoms with E-state index in [0.29, 0.717) is 5.69 Å². The van der Waals surface area contributed by atoms with E-state index in [2.05, 4.69) is 27.3 Å². The fourth-order valence-electron chi connectivity index (χ4n) is 2.63. The molecular formula is C14H24N4O. The fourth-order valence-corrected chi connectivity index (χ4v) is 2.63. The molecule has 1 amide bonds. The van der Waals surface area contributed by atoms with Gasteiger partial charge in [0.15, 0.2) is 0 Å². The largest absolute Gasteiger partial charge is 0.351 e. The summed E-state index contributed by atoms with van der Waals surface area (Å²) in [6, 6.07) is 1.68. The van der Waals surface area contributed by atoms with Gasteiger partial charge in [0.05, 0.1) is 0 Å². The maximum absolute atomic E-state index is 11.6. The molecule has 5 heteroatoms. The molecule has 1 aliphatic heterocycles. The molecule has 1 saturated heterocycles. The van der Waals surface area contributed by atoms with Crippen LogP contribution in [-0.4, -0.2) is 47.2 Å². The zero-order valence-electron chi connectivity index (χ0n) is 11.7. The van der Waals surface area contributed by atoms with Crippen molar-refractivity contribution in [2.24, 2.45) is 5.92 Å². The van der Waals surface area contributed by atoms with Crippen LogP contribution >= 0.6 is 0 Å². The minimum Gasteiger partial charge on any atom is -0.351 e. The summed E-state index contributed by atoms with van der Waals surface area (Å²) < 4.78 is 0. The summed E-state index contributed by atoms with van der Waals surface area (Å²) in [5, 5.41) is 9.33. The summed E-state index contributed by atoms with van der Waals surface area (Å²) in [5.74, 6) is 0.776.